The summed E-state index contributed by atoms with van der Waals surface area (Å²) in [5.74, 6) is 1.48. The third kappa shape index (κ3) is 4.42. The molecule has 3 heterocycles. The molecule has 1 aromatic rings. The van der Waals surface area contributed by atoms with Crippen LogP contribution in [0.5, 0.6) is 11.5 Å². The molecular formula is C21H28N2O6. The van der Waals surface area contributed by atoms with Crippen molar-refractivity contribution in [2.24, 2.45) is 0 Å². The second-order valence-corrected chi connectivity index (χ2v) is 7.57. The third-order valence-corrected chi connectivity index (χ3v) is 5.71. The fraction of sp³-hybridized carbons (Fsp3) is 0.619. The van der Waals surface area contributed by atoms with Gasteiger partial charge in [0.1, 0.15) is 6.10 Å². The Kier molecular flexibility index (Phi) is 6.08. The fourth-order valence-corrected chi connectivity index (χ4v) is 4.16. The summed E-state index contributed by atoms with van der Waals surface area (Å²) in [5.41, 5.74) is 0.994. The topological polar surface area (TPSA) is 77.5 Å². The summed E-state index contributed by atoms with van der Waals surface area (Å²) in [5, 5.41) is 0. The largest absolute Gasteiger partial charge is 0.454 e. The Bertz CT molecular complexity index is 741. The number of carbonyl (C=O) groups excluding carboxylic acids is 2. The lowest BCUT2D eigenvalue weighted by Gasteiger charge is -2.39. The Balaban J connectivity index is 1.47. The Morgan fingerprint density at radius 1 is 1.17 bits per heavy atom. The normalized spacial score (nSPS) is 21.3. The van der Waals surface area contributed by atoms with Crippen molar-refractivity contribution in [3.05, 3.63) is 23.8 Å². The van der Waals surface area contributed by atoms with Crippen LogP contribution in [-0.4, -0.2) is 67.0 Å². The molecule has 2 amide bonds. The molecule has 0 aromatic heterocycles. The number of nitrogens with zero attached hydrogens (tertiary/aromatic N) is 2. The third-order valence-electron chi connectivity index (χ3n) is 5.71. The van der Waals surface area contributed by atoms with Crippen LogP contribution in [0.3, 0.4) is 0 Å². The van der Waals surface area contributed by atoms with Gasteiger partial charge in [-0.1, -0.05) is 6.07 Å². The highest BCUT2D eigenvalue weighted by Crippen LogP contribution is 2.33. The van der Waals surface area contributed by atoms with E-state index in [-0.39, 0.29) is 30.9 Å². The summed E-state index contributed by atoms with van der Waals surface area (Å²) in [6, 6.07) is 5.85. The molecule has 0 bridgehead atoms. The SMILES string of the molecule is CCOC(=O)N1CCC(N(Cc2ccc3c(c2)OCO3)C(=O)[C@@H]2CCCO2)CC1. The van der Waals surface area contributed by atoms with Crippen LogP contribution >= 0.6 is 0 Å². The van der Waals surface area contributed by atoms with E-state index in [4.69, 9.17) is 18.9 Å². The summed E-state index contributed by atoms with van der Waals surface area (Å²) in [6.07, 6.45) is 2.48. The molecule has 0 radical (unpaired) electrons. The minimum Gasteiger partial charge on any atom is -0.454 e. The highest BCUT2D eigenvalue weighted by atomic mass is 16.7. The van der Waals surface area contributed by atoms with E-state index in [1.165, 1.54) is 0 Å². The molecule has 0 spiro atoms. The summed E-state index contributed by atoms with van der Waals surface area (Å²) >= 11 is 0. The number of fused-ring (bicyclic) bond motifs is 1. The molecule has 1 aromatic carbocycles. The molecule has 158 valence electrons. The van der Waals surface area contributed by atoms with E-state index in [2.05, 4.69) is 0 Å². The van der Waals surface area contributed by atoms with E-state index in [1.54, 1.807) is 11.8 Å². The van der Waals surface area contributed by atoms with E-state index in [0.29, 0.717) is 38.6 Å². The quantitative estimate of drug-likeness (QED) is 0.751. The molecule has 4 rings (SSSR count). The Labute approximate surface area is 170 Å². The molecule has 0 aliphatic carbocycles. The Morgan fingerprint density at radius 2 is 1.97 bits per heavy atom. The van der Waals surface area contributed by atoms with Crippen LogP contribution < -0.4 is 9.47 Å². The molecule has 2 saturated heterocycles. The first kappa shape index (κ1) is 19.8. The zero-order valence-corrected chi connectivity index (χ0v) is 16.8. The van der Waals surface area contributed by atoms with Crippen LogP contribution in [-0.2, 0) is 20.8 Å². The zero-order valence-electron chi connectivity index (χ0n) is 16.8. The standard InChI is InChI=1S/C21H28N2O6/c1-2-26-21(25)22-9-7-16(8-10-22)23(20(24)18-4-3-11-27-18)13-15-5-6-17-19(12-15)29-14-28-17/h5-6,12,16,18H,2-4,7-11,13-14H2,1H3/t18-/m0/s1. The smallest absolute Gasteiger partial charge is 0.409 e. The van der Waals surface area contributed by atoms with Crippen LogP contribution in [0.15, 0.2) is 18.2 Å². The van der Waals surface area contributed by atoms with E-state index >= 15 is 0 Å². The molecule has 3 aliphatic rings. The van der Waals surface area contributed by atoms with Gasteiger partial charge in [-0.05, 0) is 50.3 Å². The second-order valence-electron chi connectivity index (χ2n) is 7.57. The van der Waals surface area contributed by atoms with Crippen molar-refractivity contribution < 1.29 is 28.5 Å². The predicted molar refractivity (Wildman–Crippen MR) is 104 cm³/mol. The number of ether oxygens (including phenoxy) is 4. The van der Waals surface area contributed by atoms with Gasteiger partial charge in [0.05, 0.1) is 6.61 Å². The molecule has 0 unspecified atom stereocenters. The van der Waals surface area contributed by atoms with Gasteiger partial charge in [-0.25, -0.2) is 4.79 Å². The number of benzene rings is 1. The number of hydrogen-bond acceptors (Lipinski definition) is 6. The van der Waals surface area contributed by atoms with Crippen molar-refractivity contribution >= 4 is 12.0 Å². The van der Waals surface area contributed by atoms with Crippen LogP contribution in [0.4, 0.5) is 4.79 Å². The van der Waals surface area contributed by atoms with Gasteiger partial charge in [0.25, 0.3) is 5.91 Å². The number of likely N-dealkylation sites (tertiary alicyclic amines) is 1. The Hall–Kier alpha value is -2.48. The second kappa shape index (κ2) is 8.90. The van der Waals surface area contributed by atoms with Crippen LogP contribution in [0, 0.1) is 0 Å². The molecule has 2 fully saturated rings. The van der Waals surface area contributed by atoms with Crippen LogP contribution in [0.1, 0.15) is 38.2 Å². The molecule has 29 heavy (non-hydrogen) atoms. The number of hydrogen-bond donors (Lipinski definition) is 0. The first-order valence-electron chi connectivity index (χ1n) is 10.4. The summed E-state index contributed by atoms with van der Waals surface area (Å²) < 4.78 is 21.6. The molecule has 0 N–H and O–H groups in total. The van der Waals surface area contributed by atoms with Gasteiger partial charge < -0.3 is 28.7 Å². The van der Waals surface area contributed by atoms with Gasteiger partial charge in [0, 0.05) is 32.3 Å². The first-order valence-corrected chi connectivity index (χ1v) is 10.4. The predicted octanol–water partition coefficient (Wildman–Crippen LogP) is 2.54. The lowest BCUT2D eigenvalue weighted by molar-refractivity contribution is -0.145. The van der Waals surface area contributed by atoms with Gasteiger partial charge in [-0.3, -0.25) is 4.79 Å². The fourth-order valence-electron chi connectivity index (χ4n) is 4.16. The highest BCUT2D eigenvalue weighted by molar-refractivity contribution is 5.81. The number of rotatable bonds is 5. The van der Waals surface area contributed by atoms with E-state index in [1.807, 2.05) is 23.1 Å². The van der Waals surface area contributed by atoms with Crippen molar-refractivity contribution in [2.45, 2.75) is 51.3 Å². The summed E-state index contributed by atoms with van der Waals surface area (Å²) in [6.45, 7) is 4.68. The monoisotopic (exact) mass is 404 g/mol. The van der Waals surface area contributed by atoms with Crippen molar-refractivity contribution in [3.8, 4) is 11.5 Å². The molecule has 1 atom stereocenters. The maximum absolute atomic E-state index is 13.2. The highest BCUT2D eigenvalue weighted by Gasteiger charge is 2.35. The van der Waals surface area contributed by atoms with Crippen LogP contribution in [0.2, 0.25) is 0 Å². The van der Waals surface area contributed by atoms with Gasteiger partial charge in [-0.15, -0.1) is 0 Å². The van der Waals surface area contributed by atoms with Gasteiger partial charge in [-0.2, -0.15) is 0 Å². The lowest BCUT2D eigenvalue weighted by atomic mass is 10.0. The lowest BCUT2D eigenvalue weighted by Crippen LogP contribution is -2.51. The Morgan fingerprint density at radius 3 is 2.69 bits per heavy atom. The minimum atomic E-state index is -0.368. The van der Waals surface area contributed by atoms with Crippen molar-refractivity contribution in [3.63, 3.8) is 0 Å². The number of amides is 2. The maximum atomic E-state index is 13.2. The van der Waals surface area contributed by atoms with Crippen LogP contribution in [0.25, 0.3) is 0 Å². The average Bonchev–Trinajstić information content (AvgIpc) is 3.43. The summed E-state index contributed by atoms with van der Waals surface area (Å²) in [7, 11) is 0. The number of carbonyl (C=O) groups is 2. The average molecular weight is 404 g/mol. The van der Waals surface area contributed by atoms with Crippen molar-refractivity contribution in [1.82, 2.24) is 9.80 Å². The van der Waals surface area contributed by atoms with E-state index in [9.17, 15) is 9.59 Å². The van der Waals surface area contributed by atoms with Gasteiger partial charge in [0.15, 0.2) is 11.5 Å². The van der Waals surface area contributed by atoms with Crippen molar-refractivity contribution in [1.29, 1.82) is 0 Å². The molecule has 8 heteroatoms. The molecule has 0 saturated carbocycles. The molecule has 8 nitrogen and oxygen atoms in total. The van der Waals surface area contributed by atoms with Crippen molar-refractivity contribution in [2.75, 3.05) is 33.1 Å². The van der Waals surface area contributed by atoms with E-state index in [0.717, 1.165) is 37.0 Å². The number of piperidine rings is 1. The first-order chi connectivity index (χ1) is 14.2. The van der Waals surface area contributed by atoms with E-state index < -0.39 is 0 Å². The maximum Gasteiger partial charge on any atom is 0.409 e. The molecular weight excluding hydrogens is 376 g/mol. The van der Waals surface area contributed by atoms with Gasteiger partial charge >= 0.3 is 6.09 Å². The summed E-state index contributed by atoms with van der Waals surface area (Å²) in [4.78, 5) is 28.9. The zero-order chi connectivity index (χ0) is 20.2. The van der Waals surface area contributed by atoms with Gasteiger partial charge in [0.2, 0.25) is 6.79 Å². The molecule has 3 aliphatic heterocycles. The minimum absolute atomic E-state index is 0.0368.